The van der Waals surface area contributed by atoms with Crippen molar-refractivity contribution >= 4 is 11.6 Å². The van der Waals surface area contributed by atoms with Crippen molar-refractivity contribution < 1.29 is 14.3 Å². The molecule has 0 N–H and O–H groups in total. The van der Waals surface area contributed by atoms with Crippen LogP contribution in [0.5, 0.6) is 11.5 Å². The normalized spacial score (nSPS) is 10.7. The molecule has 0 spiro atoms. The highest BCUT2D eigenvalue weighted by Gasteiger charge is 2.13. The van der Waals surface area contributed by atoms with Crippen LogP contribution in [0.1, 0.15) is 36.0 Å². The van der Waals surface area contributed by atoms with Crippen molar-refractivity contribution in [3.05, 3.63) is 66.7 Å². The Balaban J connectivity index is 1.72. The second-order valence-electron chi connectivity index (χ2n) is 7.40. The van der Waals surface area contributed by atoms with E-state index in [9.17, 15) is 4.79 Å². The third-order valence-electron chi connectivity index (χ3n) is 5.01. The van der Waals surface area contributed by atoms with Crippen molar-refractivity contribution in [2.24, 2.45) is 0 Å². The molecule has 0 aromatic heterocycles. The number of amides is 1. The van der Waals surface area contributed by atoms with E-state index in [1.165, 1.54) is 19.3 Å². The van der Waals surface area contributed by atoms with Crippen molar-refractivity contribution in [1.82, 2.24) is 4.90 Å². The smallest absolute Gasteiger partial charge is 0.258 e. The minimum atomic E-state index is -0.0648. The molecule has 0 aliphatic carbocycles. The zero-order valence-corrected chi connectivity index (χ0v) is 18.5. The topological polar surface area (TPSA) is 42.0 Å². The maximum Gasteiger partial charge on any atom is 0.258 e. The summed E-state index contributed by atoms with van der Waals surface area (Å²) in [5.74, 6) is 1.50. The Morgan fingerprint density at radius 3 is 2.20 bits per heavy atom. The van der Waals surface area contributed by atoms with Gasteiger partial charge in [-0.25, -0.2) is 0 Å². The molecule has 0 atom stereocenters. The Morgan fingerprint density at radius 1 is 0.933 bits per heavy atom. The summed E-state index contributed by atoms with van der Waals surface area (Å²) < 4.78 is 11.0. The second kappa shape index (κ2) is 12.7. The SMILES string of the molecule is C=CCN(C)CCCCCCOc1ccc(N(C)C(=O)c2ccc(OC)cc2)cc1. The van der Waals surface area contributed by atoms with E-state index in [1.54, 1.807) is 43.3 Å². The molecule has 0 saturated carbocycles. The van der Waals surface area contributed by atoms with Crippen LogP contribution >= 0.6 is 0 Å². The molecular formula is C25H34N2O3. The van der Waals surface area contributed by atoms with E-state index in [1.807, 2.05) is 30.3 Å². The lowest BCUT2D eigenvalue weighted by Gasteiger charge is -2.18. The number of nitrogens with zero attached hydrogens (tertiary/aromatic N) is 2. The number of hydrogen-bond donors (Lipinski definition) is 0. The highest BCUT2D eigenvalue weighted by molar-refractivity contribution is 6.05. The third kappa shape index (κ3) is 7.56. The molecule has 0 aliphatic rings. The number of unbranched alkanes of at least 4 members (excludes halogenated alkanes) is 3. The van der Waals surface area contributed by atoms with Gasteiger partial charge < -0.3 is 19.3 Å². The first-order valence-electron chi connectivity index (χ1n) is 10.5. The van der Waals surface area contributed by atoms with Crippen LogP contribution in [0.2, 0.25) is 0 Å². The first kappa shape index (κ1) is 23.5. The van der Waals surface area contributed by atoms with Gasteiger partial charge in [0.05, 0.1) is 13.7 Å². The molecule has 0 fully saturated rings. The van der Waals surface area contributed by atoms with Gasteiger partial charge in [-0.05, 0) is 75.0 Å². The van der Waals surface area contributed by atoms with Crippen LogP contribution in [0.4, 0.5) is 5.69 Å². The Morgan fingerprint density at radius 2 is 1.57 bits per heavy atom. The fourth-order valence-electron chi connectivity index (χ4n) is 3.15. The average Bonchev–Trinajstić information content (AvgIpc) is 2.78. The fourth-order valence-corrected chi connectivity index (χ4v) is 3.15. The summed E-state index contributed by atoms with van der Waals surface area (Å²) in [7, 11) is 5.50. The summed E-state index contributed by atoms with van der Waals surface area (Å²) in [6, 6.07) is 14.8. The molecule has 162 valence electrons. The van der Waals surface area contributed by atoms with Gasteiger partial charge in [0, 0.05) is 24.8 Å². The number of anilines is 1. The number of carbonyl (C=O) groups is 1. The Bertz CT molecular complexity index is 772. The quantitative estimate of drug-likeness (QED) is 0.343. The number of methoxy groups -OCH3 is 1. The van der Waals surface area contributed by atoms with Crippen LogP contribution in [-0.2, 0) is 0 Å². The number of rotatable bonds is 13. The molecule has 0 heterocycles. The van der Waals surface area contributed by atoms with Crippen LogP contribution in [0.25, 0.3) is 0 Å². The number of benzene rings is 2. The molecule has 2 aromatic rings. The van der Waals surface area contributed by atoms with Crippen molar-refractivity contribution in [2.75, 3.05) is 45.8 Å². The Hall–Kier alpha value is -2.79. The molecule has 0 bridgehead atoms. The van der Waals surface area contributed by atoms with E-state index in [0.29, 0.717) is 12.2 Å². The number of hydrogen-bond acceptors (Lipinski definition) is 4. The summed E-state index contributed by atoms with van der Waals surface area (Å²) in [5, 5.41) is 0. The molecule has 5 heteroatoms. The predicted molar refractivity (Wildman–Crippen MR) is 124 cm³/mol. The summed E-state index contributed by atoms with van der Waals surface area (Å²) >= 11 is 0. The summed E-state index contributed by atoms with van der Waals surface area (Å²) in [6.07, 6.45) is 6.56. The Labute approximate surface area is 180 Å². The zero-order valence-electron chi connectivity index (χ0n) is 18.5. The first-order chi connectivity index (χ1) is 14.5. The van der Waals surface area contributed by atoms with Crippen LogP contribution in [0.15, 0.2) is 61.2 Å². The highest BCUT2D eigenvalue weighted by Crippen LogP contribution is 2.21. The molecular weight excluding hydrogens is 376 g/mol. The van der Waals surface area contributed by atoms with E-state index in [-0.39, 0.29) is 5.91 Å². The predicted octanol–water partition coefficient (Wildman–Crippen LogP) is 5.03. The molecule has 0 radical (unpaired) electrons. The molecule has 1 amide bonds. The van der Waals surface area contributed by atoms with Gasteiger partial charge in [0.1, 0.15) is 11.5 Å². The summed E-state index contributed by atoms with van der Waals surface area (Å²) in [6.45, 7) is 6.52. The van der Waals surface area contributed by atoms with Gasteiger partial charge in [-0.3, -0.25) is 4.79 Å². The lowest BCUT2D eigenvalue weighted by Crippen LogP contribution is -2.26. The van der Waals surface area contributed by atoms with Crippen LogP contribution in [0.3, 0.4) is 0 Å². The fraction of sp³-hybridized carbons (Fsp3) is 0.400. The van der Waals surface area contributed by atoms with Gasteiger partial charge in [-0.15, -0.1) is 6.58 Å². The number of ether oxygens (including phenoxy) is 2. The van der Waals surface area contributed by atoms with Gasteiger partial charge in [0.15, 0.2) is 0 Å². The highest BCUT2D eigenvalue weighted by atomic mass is 16.5. The van der Waals surface area contributed by atoms with Crippen LogP contribution in [-0.4, -0.2) is 51.7 Å². The average molecular weight is 411 g/mol. The van der Waals surface area contributed by atoms with Crippen molar-refractivity contribution in [1.29, 1.82) is 0 Å². The molecule has 0 unspecified atom stereocenters. The molecule has 0 aliphatic heterocycles. The summed E-state index contributed by atoms with van der Waals surface area (Å²) in [5.41, 5.74) is 1.45. The second-order valence-corrected chi connectivity index (χ2v) is 7.40. The van der Waals surface area contributed by atoms with Gasteiger partial charge in [-0.2, -0.15) is 0 Å². The van der Waals surface area contributed by atoms with Crippen LogP contribution < -0.4 is 14.4 Å². The molecule has 2 aromatic carbocycles. The third-order valence-corrected chi connectivity index (χ3v) is 5.01. The maximum absolute atomic E-state index is 12.7. The van der Waals surface area contributed by atoms with Gasteiger partial charge in [0.25, 0.3) is 5.91 Å². The number of carbonyl (C=O) groups excluding carboxylic acids is 1. The van der Waals surface area contributed by atoms with Crippen LogP contribution in [0, 0.1) is 0 Å². The van der Waals surface area contributed by atoms with E-state index >= 15 is 0 Å². The molecule has 2 rings (SSSR count). The van der Waals surface area contributed by atoms with Gasteiger partial charge in [-0.1, -0.05) is 18.9 Å². The summed E-state index contributed by atoms with van der Waals surface area (Å²) in [4.78, 5) is 16.6. The zero-order chi connectivity index (χ0) is 21.8. The van der Waals surface area contributed by atoms with Crippen molar-refractivity contribution in [2.45, 2.75) is 25.7 Å². The standard InChI is InChI=1S/C25H34N2O3/c1-5-18-26(2)19-8-6-7-9-20-30-24-16-12-22(13-17-24)27(3)25(28)21-10-14-23(29-4)15-11-21/h5,10-17H,1,6-9,18-20H2,2-4H3. The first-order valence-corrected chi connectivity index (χ1v) is 10.5. The lowest BCUT2D eigenvalue weighted by atomic mass is 10.2. The lowest BCUT2D eigenvalue weighted by molar-refractivity contribution is 0.0993. The van der Waals surface area contributed by atoms with E-state index in [4.69, 9.17) is 9.47 Å². The van der Waals surface area contributed by atoms with Crippen molar-refractivity contribution in [3.63, 3.8) is 0 Å². The minimum absolute atomic E-state index is 0.0648. The monoisotopic (exact) mass is 410 g/mol. The van der Waals surface area contributed by atoms with Gasteiger partial charge in [0.2, 0.25) is 0 Å². The molecule has 5 nitrogen and oxygen atoms in total. The number of likely N-dealkylation sites (N-methyl/N-ethyl adjacent to an activating group) is 1. The van der Waals surface area contributed by atoms with E-state index in [2.05, 4.69) is 18.5 Å². The molecule has 0 saturated heterocycles. The van der Waals surface area contributed by atoms with E-state index in [0.717, 1.165) is 36.7 Å². The maximum atomic E-state index is 12.7. The van der Waals surface area contributed by atoms with E-state index < -0.39 is 0 Å². The van der Waals surface area contributed by atoms with Gasteiger partial charge >= 0.3 is 0 Å². The Kier molecular flexibility index (Phi) is 9.95. The minimum Gasteiger partial charge on any atom is -0.497 e. The molecule has 30 heavy (non-hydrogen) atoms. The largest absolute Gasteiger partial charge is 0.497 e. The van der Waals surface area contributed by atoms with Crippen molar-refractivity contribution in [3.8, 4) is 11.5 Å².